The number of hydrogen-bond acceptors (Lipinski definition) is 4. The molecule has 0 saturated carbocycles. The molecule has 1 aromatic rings. The molecule has 1 heterocycles. The second-order valence-electron chi connectivity index (χ2n) is 3.17. The fourth-order valence-corrected chi connectivity index (χ4v) is 1.94. The molecule has 82 valence electrons. The van der Waals surface area contributed by atoms with Crippen LogP contribution < -0.4 is 4.18 Å². The Morgan fingerprint density at radius 2 is 2.20 bits per heavy atom. The highest BCUT2D eigenvalue weighted by molar-refractivity contribution is 7.81. The Morgan fingerprint density at radius 3 is 2.93 bits per heavy atom. The summed E-state index contributed by atoms with van der Waals surface area (Å²) in [4.78, 5) is 0. The molecular weight excluding hydrogens is 223 g/mol. The van der Waals surface area contributed by atoms with Gasteiger partial charge in [0.25, 0.3) is 0 Å². The Kier molecular flexibility index (Phi) is 2.62. The number of benzene rings is 1. The molecule has 0 aromatic heterocycles. The van der Waals surface area contributed by atoms with Crippen molar-refractivity contribution in [3.05, 3.63) is 29.3 Å². The third-order valence-corrected chi connectivity index (χ3v) is 2.55. The molecule has 1 aromatic carbocycles. The van der Waals surface area contributed by atoms with Crippen molar-refractivity contribution in [2.45, 2.75) is 13.0 Å². The summed E-state index contributed by atoms with van der Waals surface area (Å²) >= 11 is 0. The second kappa shape index (κ2) is 3.79. The normalized spacial score (nSPS) is 15.8. The zero-order valence-corrected chi connectivity index (χ0v) is 8.59. The summed E-state index contributed by atoms with van der Waals surface area (Å²) in [5.74, 6) is 0.0540. The quantitative estimate of drug-likeness (QED) is 0.722. The molecule has 15 heavy (non-hydrogen) atoms. The Morgan fingerprint density at radius 1 is 1.40 bits per heavy atom. The molecule has 0 bridgehead atoms. The van der Waals surface area contributed by atoms with E-state index in [-0.39, 0.29) is 5.75 Å². The van der Waals surface area contributed by atoms with Gasteiger partial charge in [0, 0.05) is 5.56 Å². The van der Waals surface area contributed by atoms with Gasteiger partial charge in [-0.3, -0.25) is 0 Å². The molecule has 4 nitrogen and oxygen atoms in total. The van der Waals surface area contributed by atoms with Crippen molar-refractivity contribution >= 4 is 10.5 Å². The number of rotatable bonds is 2. The van der Waals surface area contributed by atoms with Crippen molar-refractivity contribution in [3.8, 4) is 5.75 Å². The van der Waals surface area contributed by atoms with Crippen LogP contribution in [0.25, 0.3) is 0 Å². The highest BCUT2D eigenvalue weighted by atomic mass is 32.3. The van der Waals surface area contributed by atoms with E-state index in [0.29, 0.717) is 25.2 Å². The summed E-state index contributed by atoms with van der Waals surface area (Å²) in [5, 5.41) is 0. The first-order chi connectivity index (χ1) is 7.06. The molecule has 0 saturated heterocycles. The molecule has 0 spiro atoms. The van der Waals surface area contributed by atoms with Gasteiger partial charge in [0.2, 0.25) is 0 Å². The summed E-state index contributed by atoms with van der Waals surface area (Å²) in [5.41, 5.74) is 1.53. The van der Waals surface area contributed by atoms with E-state index in [2.05, 4.69) is 4.18 Å². The van der Waals surface area contributed by atoms with Gasteiger partial charge in [-0.2, -0.15) is 8.42 Å². The van der Waals surface area contributed by atoms with Crippen LogP contribution in [-0.4, -0.2) is 15.0 Å². The van der Waals surface area contributed by atoms with Gasteiger partial charge in [-0.15, -0.1) is 0 Å². The predicted octanol–water partition coefficient (Wildman–Crippen LogP) is 1.35. The van der Waals surface area contributed by atoms with Crippen LogP contribution in [0.1, 0.15) is 11.1 Å². The van der Waals surface area contributed by atoms with Gasteiger partial charge < -0.3 is 8.92 Å². The van der Waals surface area contributed by atoms with Crippen LogP contribution >= 0.6 is 0 Å². The summed E-state index contributed by atoms with van der Waals surface area (Å²) in [6.45, 7) is 0.887. The van der Waals surface area contributed by atoms with Crippen LogP contribution in [-0.2, 0) is 28.3 Å². The van der Waals surface area contributed by atoms with E-state index in [1.807, 2.05) is 0 Å². The molecule has 0 atom stereocenters. The van der Waals surface area contributed by atoms with Crippen LogP contribution in [0.15, 0.2) is 18.2 Å². The zero-order chi connectivity index (χ0) is 10.9. The summed E-state index contributed by atoms with van der Waals surface area (Å²) in [6.07, 6.45) is 0.529. The summed E-state index contributed by atoms with van der Waals surface area (Å²) in [7, 11) is -4.95. The largest absolute Gasteiger partial charge is 0.488 e. The maximum absolute atomic E-state index is 12.4. The highest BCUT2D eigenvalue weighted by Crippen LogP contribution is 2.27. The smallest absolute Gasteiger partial charge is 0.376 e. The summed E-state index contributed by atoms with van der Waals surface area (Å²) < 4.78 is 42.5. The number of halogens is 1. The average Bonchev–Trinajstić information content (AvgIpc) is 2.16. The molecule has 0 unspecified atom stereocenters. The van der Waals surface area contributed by atoms with Crippen LogP contribution in [0, 0.1) is 0 Å². The SMILES string of the molecule is O=S(=O)(F)Oc1cccc2c1CCOC2. The fourth-order valence-electron chi connectivity index (χ4n) is 1.57. The van der Waals surface area contributed by atoms with Gasteiger partial charge in [0.05, 0.1) is 13.2 Å². The molecule has 0 amide bonds. The molecule has 1 aliphatic heterocycles. The van der Waals surface area contributed by atoms with Crippen LogP contribution in [0.3, 0.4) is 0 Å². The molecular formula is C9H9FO4S. The molecule has 0 N–H and O–H groups in total. The van der Waals surface area contributed by atoms with Gasteiger partial charge >= 0.3 is 10.5 Å². The first-order valence-corrected chi connectivity index (χ1v) is 5.70. The van der Waals surface area contributed by atoms with Gasteiger partial charge in [-0.25, -0.2) is 0 Å². The minimum Gasteiger partial charge on any atom is -0.376 e. The molecule has 1 aliphatic rings. The summed E-state index contributed by atoms with van der Waals surface area (Å²) in [6, 6.07) is 4.83. The van der Waals surface area contributed by atoms with Crippen molar-refractivity contribution in [2.75, 3.05) is 6.61 Å². The third-order valence-electron chi connectivity index (χ3n) is 2.17. The van der Waals surface area contributed by atoms with E-state index < -0.39 is 10.5 Å². The van der Waals surface area contributed by atoms with E-state index in [9.17, 15) is 12.3 Å². The van der Waals surface area contributed by atoms with Crippen molar-refractivity contribution in [1.29, 1.82) is 0 Å². The minimum atomic E-state index is -4.95. The average molecular weight is 232 g/mol. The van der Waals surface area contributed by atoms with Gasteiger partial charge in [0.1, 0.15) is 5.75 Å². The lowest BCUT2D eigenvalue weighted by atomic mass is 10.0. The highest BCUT2D eigenvalue weighted by Gasteiger charge is 2.18. The number of ether oxygens (including phenoxy) is 1. The molecule has 0 aliphatic carbocycles. The Bertz CT molecular complexity index is 469. The van der Waals surface area contributed by atoms with Crippen molar-refractivity contribution < 1.29 is 21.2 Å². The maximum atomic E-state index is 12.4. The van der Waals surface area contributed by atoms with E-state index in [1.165, 1.54) is 6.07 Å². The first kappa shape index (κ1) is 10.4. The van der Waals surface area contributed by atoms with Crippen LogP contribution in [0.2, 0.25) is 0 Å². The van der Waals surface area contributed by atoms with E-state index in [1.54, 1.807) is 12.1 Å². The second-order valence-corrected chi connectivity index (χ2v) is 4.13. The lowest BCUT2D eigenvalue weighted by molar-refractivity contribution is 0.110. The van der Waals surface area contributed by atoms with Crippen molar-refractivity contribution in [1.82, 2.24) is 0 Å². The lowest BCUT2D eigenvalue weighted by Gasteiger charge is -2.18. The van der Waals surface area contributed by atoms with Crippen molar-refractivity contribution in [2.24, 2.45) is 0 Å². The Labute approximate surface area is 87.0 Å². The fraction of sp³-hybridized carbons (Fsp3) is 0.333. The number of fused-ring (bicyclic) bond motifs is 1. The molecule has 6 heteroatoms. The third kappa shape index (κ3) is 2.45. The minimum absolute atomic E-state index is 0.0540. The molecule has 0 fully saturated rings. The number of hydrogen-bond donors (Lipinski definition) is 0. The van der Waals surface area contributed by atoms with E-state index in [4.69, 9.17) is 4.74 Å². The van der Waals surface area contributed by atoms with E-state index >= 15 is 0 Å². The standard InChI is InChI=1S/C9H9FO4S/c10-15(11,12)14-9-3-1-2-7-6-13-5-4-8(7)9/h1-3H,4-6H2. The van der Waals surface area contributed by atoms with Gasteiger partial charge in [-0.1, -0.05) is 16.0 Å². The van der Waals surface area contributed by atoms with Gasteiger partial charge in [0.15, 0.2) is 0 Å². The first-order valence-electron chi connectivity index (χ1n) is 4.39. The topological polar surface area (TPSA) is 52.6 Å². The lowest BCUT2D eigenvalue weighted by Crippen LogP contribution is -2.12. The van der Waals surface area contributed by atoms with Crippen LogP contribution in [0.4, 0.5) is 3.89 Å². The molecule has 0 radical (unpaired) electrons. The Hall–Kier alpha value is -1.14. The molecule has 2 rings (SSSR count). The van der Waals surface area contributed by atoms with E-state index in [0.717, 1.165) is 5.56 Å². The van der Waals surface area contributed by atoms with Gasteiger partial charge in [-0.05, 0) is 18.1 Å². The van der Waals surface area contributed by atoms with Crippen molar-refractivity contribution in [3.63, 3.8) is 0 Å². The Balaban J connectivity index is 2.39. The maximum Gasteiger partial charge on any atom is 0.488 e. The van der Waals surface area contributed by atoms with Crippen LogP contribution in [0.5, 0.6) is 5.75 Å². The zero-order valence-electron chi connectivity index (χ0n) is 7.77. The monoisotopic (exact) mass is 232 g/mol. The predicted molar refractivity (Wildman–Crippen MR) is 50.5 cm³/mol.